The molecule has 1 atom stereocenters. The number of benzene rings is 2. The van der Waals surface area contributed by atoms with Crippen LogP contribution >= 0.6 is 0 Å². The quantitative estimate of drug-likeness (QED) is 0.645. The van der Waals surface area contributed by atoms with Gasteiger partial charge >= 0.3 is 0 Å². The Balaban J connectivity index is 1.44. The maximum atomic E-state index is 13.5. The van der Waals surface area contributed by atoms with Crippen LogP contribution in [0.4, 0.5) is 0 Å². The van der Waals surface area contributed by atoms with Crippen molar-refractivity contribution in [2.24, 2.45) is 5.92 Å². The maximum absolute atomic E-state index is 13.5. The minimum Gasteiger partial charge on any atom is -0.341 e. The molecule has 170 valence electrons. The molecule has 2 heterocycles. The minimum absolute atomic E-state index is 0.117. The predicted molar refractivity (Wildman–Crippen MR) is 124 cm³/mol. The molecule has 0 unspecified atom stereocenters. The highest BCUT2D eigenvalue weighted by atomic mass is 32.2. The summed E-state index contributed by atoms with van der Waals surface area (Å²) in [6.07, 6.45) is 4.12. The Bertz CT molecular complexity index is 1080. The number of piperidine rings is 1. The normalized spacial score (nSPS) is 18.0. The molecular formula is C25H30N2O4S. The molecule has 2 aliphatic rings. The van der Waals surface area contributed by atoms with Gasteiger partial charge in [-0.05, 0) is 48.8 Å². The molecule has 1 saturated heterocycles. The van der Waals surface area contributed by atoms with Crippen LogP contribution in [0, 0.1) is 5.92 Å². The zero-order valence-corrected chi connectivity index (χ0v) is 19.3. The molecule has 4 rings (SSSR count). The van der Waals surface area contributed by atoms with E-state index in [4.69, 9.17) is 0 Å². The van der Waals surface area contributed by atoms with Crippen molar-refractivity contribution in [1.29, 1.82) is 0 Å². The second-order valence-electron chi connectivity index (χ2n) is 8.98. The van der Waals surface area contributed by atoms with Crippen LogP contribution in [0.5, 0.6) is 0 Å². The molecule has 6 nitrogen and oxygen atoms in total. The zero-order chi connectivity index (χ0) is 22.7. The fourth-order valence-corrected chi connectivity index (χ4v) is 5.43. The molecule has 2 aromatic rings. The molecule has 0 aromatic heterocycles. The Morgan fingerprint density at radius 2 is 1.69 bits per heavy atom. The predicted octanol–water partition coefficient (Wildman–Crippen LogP) is 2.93. The number of rotatable bonds is 7. The van der Waals surface area contributed by atoms with E-state index in [1.807, 2.05) is 41.3 Å². The molecule has 0 radical (unpaired) electrons. The summed E-state index contributed by atoms with van der Waals surface area (Å²) < 4.78 is 23.7. The largest absolute Gasteiger partial charge is 0.341 e. The molecular weight excluding hydrogens is 424 g/mol. The second kappa shape index (κ2) is 9.45. The molecule has 0 spiro atoms. The van der Waals surface area contributed by atoms with Gasteiger partial charge in [0, 0.05) is 31.5 Å². The van der Waals surface area contributed by atoms with E-state index in [2.05, 4.69) is 12.1 Å². The number of hydrogen-bond donors (Lipinski definition) is 0. The standard InChI is InChI=1S/C25H30N2O4S/c1-32(30,31)16-13-23(27-18-21-9-5-6-10-22(21)24(27)28)25(29)26-14-11-20(12-15-26)17-19-7-3-2-4-8-19/h2-10,20,23H,11-18H2,1H3/t23-/m1/s1. The Morgan fingerprint density at radius 1 is 1.03 bits per heavy atom. The first kappa shape index (κ1) is 22.5. The molecule has 2 aliphatic heterocycles. The van der Waals surface area contributed by atoms with Gasteiger partial charge in [-0.15, -0.1) is 0 Å². The van der Waals surface area contributed by atoms with E-state index in [1.165, 1.54) is 11.8 Å². The van der Waals surface area contributed by atoms with E-state index < -0.39 is 15.9 Å². The van der Waals surface area contributed by atoms with E-state index in [-0.39, 0.29) is 24.0 Å². The lowest BCUT2D eigenvalue weighted by atomic mass is 9.90. The van der Waals surface area contributed by atoms with Crippen LogP contribution in [0.15, 0.2) is 54.6 Å². The van der Waals surface area contributed by atoms with Gasteiger partial charge in [-0.1, -0.05) is 48.5 Å². The molecule has 0 saturated carbocycles. The van der Waals surface area contributed by atoms with Crippen LogP contribution in [0.2, 0.25) is 0 Å². The third-order valence-corrected chi connectivity index (χ3v) is 7.54. The Morgan fingerprint density at radius 3 is 2.34 bits per heavy atom. The van der Waals surface area contributed by atoms with Gasteiger partial charge in [0.25, 0.3) is 5.91 Å². The van der Waals surface area contributed by atoms with Gasteiger partial charge in [0.1, 0.15) is 15.9 Å². The summed E-state index contributed by atoms with van der Waals surface area (Å²) in [5.74, 6) is 0.0848. The van der Waals surface area contributed by atoms with E-state index in [0.717, 1.165) is 24.8 Å². The third-order valence-electron chi connectivity index (χ3n) is 6.57. The molecule has 2 aromatic carbocycles. The average molecular weight is 455 g/mol. The Hall–Kier alpha value is -2.67. The average Bonchev–Trinajstić information content (AvgIpc) is 3.11. The minimum atomic E-state index is -3.25. The van der Waals surface area contributed by atoms with Crippen molar-refractivity contribution >= 4 is 21.7 Å². The number of likely N-dealkylation sites (tertiary alicyclic amines) is 1. The van der Waals surface area contributed by atoms with E-state index in [0.29, 0.717) is 31.1 Å². The van der Waals surface area contributed by atoms with Crippen molar-refractivity contribution < 1.29 is 18.0 Å². The highest BCUT2D eigenvalue weighted by Gasteiger charge is 2.39. The van der Waals surface area contributed by atoms with Crippen LogP contribution in [0.1, 0.15) is 40.7 Å². The van der Waals surface area contributed by atoms with E-state index >= 15 is 0 Å². The van der Waals surface area contributed by atoms with Crippen molar-refractivity contribution in [1.82, 2.24) is 9.80 Å². The van der Waals surface area contributed by atoms with Gasteiger partial charge in [0.05, 0.1) is 5.75 Å². The van der Waals surface area contributed by atoms with Gasteiger partial charge in [-0.3, -0.25) is 9.59 Å². The monoisotopic (exact) mass is 454 g/mol. The third kappa shape index (κ3) is 5.21. The molecule has 0 aliphatic carbocycles. The van der Waals surface area contributed by atoms with Gasteiger partial charge in [-0.2, -0.15) is 0 Å². The molecule has 7 heteroatoms. The Kier molecular flexibility index (Phi) is 6.65. The van der Waals surface area contributed by atoms with Crippen LogP contribution in [0.3, 0.4) is 0 Å². The van der Waals surface area contributed by atoms with Crippen molar-refractivity contribution in [2.75, 3.05) is 25.1 Å². The van der Waals surface area contributed by atoms with Gasteiger partial charge in [0.2, 0.25) is 5.91 Å². The van der Waals surface area contributed by atoms with Gasteiger partial charge < -0.3 is 9.80 Å². The van der Waals surface area contributed by atoms with E-state index in [1.54, 1.807) is 11.0 Å². The topological polar surface area (TPSA) is 74.8 Å². The fourth-order valence-electron chi connectivity index (χ4n) is 4.78. The van der Waals surface area contributed by atoms with Crippen LogP contribution in [0.25, 0.3) is 0 Å². The lowest BCUT2D eigenvalue weighted by molar-refractivity contribution is -0.137. The molecule has 0 N–H and O–H groups in total. The highest BCUT2D eigenvalue weighted by molar-refractivity contribution is 7.90. The van der Waals surface area contributed by atoms with Gasteiger partial charge in [0.15, 0.2) is 0 Å². The van der Waals surface area contributed by atoms with Gasteiger partial charge in [-0.25, -0.2) is 8.42 Å². The smallest absolute Gasteiger partial charge is 0.255 e. The number of nitrogens with zero attached hydrogens (tertiary/aromatic N) is 2. The van der Waals surface area contributed by atoms with Crippen molar-refractivity contribution in [3.05, 3.63) is 71.3 Å². The first-order valence-electron chi connectivity index (χ1n) is 11.2. The van der Waals surface area contributed by atoms with Crippen LogP contribution in [-0.4, -0.2) is 61.2 Å². The SMILES string of the molecule is CS(=O)(=O)CC[C@H](C(=O)N1CCC(Cc2ccccc2)CC1)N1Cc2ccccc2C1=O. The first-order chi connectivity index (χ1) is 15.3. The van der Waals surface area contributed by atoms with Crippen LogP contribution in [-0.2, 0) is 27.6 Å². The number of hydrogen-bond acceptors (Lipinski definition) is 4. The summed E-state index contributed by atoms with van der Waals surface area (Å²) in [5.41, 5.74) is 2.80. The second-order valence-corrected chi connectivity index (χ2v) is 11.2. The summed E-state index contributed by atoms with van der Waals surface area (Å²) in [6, 6.07) is 17.0. The molecule has 2 amide bonds. The number of carbonyl (C=O) groups is 2. The summed E-state index contributed by atoms with van der Waals surface area (Å²) in [7, 11) is -3.25. The number of amides is 2. The van der Waals surface area contributed by atoms with Crippen molar-refractivity contribution in [2.45, 2.75) is 38.3 Å². The van der Waals surface area contributed by atoms with E-state index in [9.17, 15) is 18.0 Å². The number of fused-ring (bicyclic) bond motifs is 1. The van der Waals surface area contributed by atoms with Crippen molar-refractivity contribution in [3.63, 3.8) is 0 Å². The number of sulfone groups is 1. The number of carbonyl (C=O) groups excluding carboxylic acids is 2. The fraction of sp³-hybridized carbons (Fsp3) is 0.440. The summed E-state index contributed by atoms with van der Waals surface area (Å²) in [5, 5.41) is 0. The maximum Gasteiger partial charge on any atom is 0.255 e. The summed E-state index contributed by atoms with van der Waals surface area (Å²) in [4.78, 5) is 29.9. The Labute approximate surface area is 190 Å². The summed E-state index contributed by atoms with van der Waals surface area (Å²) >= 11 is 0. The first-order valence-corrected chi connectivity index (χ1v) is 13.3. The summed E-state index contributed by atoms with van der Waals surface area (Å²) in [6.45, 7) is 1.63. The van der Waals surface area contributed by atoms with Crippen LogP contribution < -0.4 is 0 Å². The lowest BCUT2D eigenvalue weighted by Gasteiger charge is -2.37. The molecule has 0 bridgehead atoms. The zero-order valence-electron chi connectivity index (χ0n) is 18.4. The molecule has 32 heavy (non-hydrogen) atoms. The van der Waals surface area contributed by atoms with Crippen molar-refractivity contribution in [3.8, 4) is 0 Å². The highest BCUT2D eigenvalue weighted by Crippen LogP contribution is 2.28. The molecule has 1 fully saturated rings. The lowest BCUT2D eigenvalue weighted by Crippen LogP contribution is -2.51.